The molecule has 0 aromatic heterocycles. The number of benzene rings is 1. The molecule has 1 aliphatic heterocycles. The standard InChI is InChI=1S/C13H12Cl2N2O4/c14-7-1-2-8(9(15)5-7)13(21)17-4-3-16-12(20)10(17)6-11(18)19/h1-2,5,10H,3-4,6H2,(H,16,20)(H,18,19). The number of hydrogen-bond acceptors (Lipinski definition) is 3. The molecule has 1 fully saturated rings. The molecule has 1 aromatic carbocycles. The number of carboxylic acids is 1. The van der Waals surface area contributed by atoms with Crippen molar-refractivity contribution in [1.29, 1.82) is 0 Å². The monoisotopic (exact) mass is 330 g/mol. The van der Waals surface area contributed by atoms with Crippen LogP contribution < -0.4 is 5.32 Å². The Morgan fingerprint density at radius 2 is 2.10 bits per heavy atom. The van der Waals surface area contributed by atoms with Crippen LogP contribution in [0.2, 0.25) is 10.0 Å². The first kappa shape index (κ1) is 15.6. The molecule has 0 bridgehead atoms. The van der Waals surface area contributed by atoms with Crippen molar-refractivity contribution in [2.45, 2.75) is 12.5 Å². The van der Waals surface area contributed by atoms with E-state index in [2.05, 4.69) is 5.32 Å². The van der Waals surface area contributed by atoms with Crippen molar-refractivity contribution in [2.75, 3.05) is 13.1 Å². The van der Waals surface area contributed by atoms with Gasteiger partial charge < -0.3 is 15.3 Å². The fourth-order valence-corrected chi connectivity index (χ4v) is 2.63. The van der Waals surface area contributed by atoms with Gasteiger partial charge in [-0.05, 0) is 18.2 Å². The maximum atomic E-state index is 12.5. The molecule has 6 nitrogen and oxygen atoms in total. The lowest BCUT2D eigenvalue weighted by atomic mass is 10.1. The molecule has 0 spiro atoms. The van der Waals surface area contributed by atoms with Gasteiger partial charge in [-0.25, -0.2) is 0 Å². The summed E-state index contributed by atoms with van der Waals surface area (Å²) in [6.07, 6.45) is -0.456. The maximum absolute atomic E-state index is 12.5. The fraction of sp³-hybridized carbons (Fsp3) is 0.308. The second-order valence-electron chi connectivity index (χ2n) is 4.53. The molecule has 112 valence electrons. The third-order valence-corrected chi connectivity index (χ3v) is 3.67. The first-order valence-corrected chi connectivity index (χ1v) is 6.91. The van der Waals surface area contributed by atoms with E-state index in [1.54, 1.807) is 0 Å². The third kappa shape index (κ3) is 3.46. The van der Waals surface area contributed by atoms with E-state index in [4.69, 9.17) is 28.3 Å². The first-order chi connectivity index (χ1) is 9.90. The van der Waals surface area contributed by atoms with Crippen molar-refractivity contribution in [3.63, 3.8) is 0 Å². The molecule has 2 N–H and O–H groups in total. The number of hydrogen-bond donors (Lipinski definition) is 2. The largest absolute Gasteiger partial charge is 0.481 e. The normalized spacial score (nSPS) is 18.3. The highest BCUT2D eigenvalue weighted by molar-refractivity contribution is 6.36. The Kier molecular flexibility index (Phi) is 4.69. The number of carbonyl (C=O) groups excluding carboxylic acids is 2. The van der Waals surface area contributed by atoms with Gasteiger partial charge in [-0.15, -0.1) is 0 Å². The van der Waals surface area contributed by atoms with E-state index in [1.807, 2.05) is 0 Å². The highest BCUT2D eigenvalue weighted by Gasteiger charge is 2.35. The molecule has 2 rings (SSSR count). The second kappa shape index (κ2) is 6.32. The Balaban J connectivity index is 2.30. The highest BCUT2D eigenvalue weighted by atomic mass is 35.5. The van der Waals surface area contributed by atoms with Gasteiger partial charge >= 0.3 is 5.97 Å². The van der Waals surface area contributed by atoms with Crippen molar-refractivity contribution in [2.24, 2.45) is 0 Å². The van der Waals surface area contributed by atoms with Crippen LogP contribution in [-0.2, 0) is 9.59 Å². The Hall–Kier alpha value is -1.79. The lowest BCUT2D eigenvalue weighted by molar-refractivity contribution is -0.142. The van der Waals surface area contributed by atoms with Crippen LogP contribution in [0.3, 0.4) is 0 Å². The molecule has 0 radical (unpaired) electrons. The number of halogens is 2. The van der Waals surface area contributed by atoms with Gasteiger partial charge in [0.15, 0.2) is 0 Å². The smallest absolute Gasteiger partial charge is 0.305 e. The number of carbonyl (C=O) groups is 3. The molecular weight excluding hydrogens is 319 g/mol. The van der Waals surface area contributed by atoms with E-state index in [0.29, 0.717) is 5.02 Å². The van der Waals surface area contributed by atoms with Gasteiger partial charge in [0.1, 0.15) is 6.04 Å². The van der Waals surface area contributed by atoms with Gasteiger partial charge in [-0.2, -0.15) is 0 Å². The molecule has 1 aromatic rings. The molecule has 0 aliphatic carbocycles. The zero-order chi connectivity index (χ0) is 15.6. The number of amides is 2. The van der Waals surface area contributed by atoms with Crippen LogP contribution in [0, 0.1) is 0 Å². The zero-order valence-corrected chi connectivity index (χ0v) is 12.3. The van der Waals surface area contributed by atoms with E-state index in [1.165, 1.54) is 23.1 Å². The second-order valence-corrected chi connectivity index (χ2v) is 5.37. The number of nitrogens with zero attached hydrogens (tertiary/aromatic N) is 1. The van der Waals surface area contributed by atoms with Gasteiger partial charge in [-0.3, -0.25) is 14.4 Å². The van der Waals surface area contributed by atoms with Crippen LogP contribution in [-0.4, -0.2) is 46.9 Å². The summed E-state index contributed by atoms with van der Waals surface area (Å²) in [4.78, 5) is 36.4. The molecule has 1 atom stereocenters. The van der Waals surface area contributed by atoms with Gasteiger partial charge in [0.2, 0.25) is 5.91 Å². The van der Waals surface area contributed by atoms with Crippen LogP contribution in [0.1, 0.15) is 16.8 Å². The van der Waals surface area contributed by atoms with Crippen molar-refractivity contribution in [3.05, 3.63) is 33.8 Å². The molecule has 8 heteroatoms. The number of aliphatic carboxylic acids is 1. The van der Waals surface area contributed by atoms with Crippen molar-refractivity contribution >= 4 is 41.0 Å². The average Bonchev–Trinajstić information content (AvgIpc) is 2.40. The zero-order valence-electron chi connectivity index (χ0n) is 10.8. The van der Waals surface area contributed by atoms with Gasteiger partial charge in [-0.1, -0.05) is 23.2 Å². The van der Waals surface area contributed by atoms with Crippen LogP contribution >= 0.6 is 23.2 Å². The topological polar surface area (TPSA) is 86.7 Å². The van der Waals surface area contributed by atoms with E-state index in [-0.39, 0.29) is 23.7 Å². The van der Waals surface area contributed by atoms with E-state index in [0.717, 1.165) is 0 Å². The summed E-state index contributed by atoms with van der Waals surface area (Å²) in [5.41, 5.74) is 0.186. The molecule has 1 saturated heterocycles. The van der Waals surface area contributed by atoms with Gasteiger partial charge in [0.05, 0.1) is 17.0 Å². The number of piperazine rings is 1. The van der Waals surface area contributed by atoms with Crippen LogP contribution in [0.5, 0.6) is 0 Å². The van der Waals surface area contributed by atoms with Gasteiger partial charge in [0, 0.05) is 18.1 Å². The van der Waals surface area contributed by atoms with Crippen molar-refractivity contribution in [1.82, 2.24) is 10.2 Å². The summed E-state index contributed by atoms with van der Waals surface area (Å²) < 4.78 is 0. The molecule has 21 heavy (non-hydrogen) atoms. The van der Waals surface area contributed by atoms with Crippen LogP contribution in [0.4, 0.5) is 0 Å². The summed E-state index contributed by atoms with van der Waals surface area (Å²) in [5, 5.41) is 12.0. The Morgan fingerprint density at radius 3 is 2.71 bits per heavy atom. The SMILES string of the molecule is O=C(O)CC1C(=O)NCCN1C(=O)c1ccc(Cl)cc1Cl. The minimum Gasteiger partial charge on any atom is -0.481 e. The van der Waals surface area contributed by atoms with E-state index < -0.39 is 30.2 Å². The Bertz CT molecular complexity index is 606. The fourth-order valence-electron chi connectivity index (χ4n) is 2.14. The Labute approximate surface area is 130 Å². The predicted octanol–water partition coefficient (Wildman–Crippen LogP) is 1.41. The molecular formula is C13H12Cl2N2O4. The summed E-state index contributed by atoms with van der Waals surface area (Å²) in [7, 11) is 0. The molecule has 0 saturated carbocycles. The van der Waals surface area contributed by atoms with E-state index in [9.17, 15) is 14.4 Å². The van der Waals surface area contributed by atoms with Crippen molar-refractivity contribution < 1.29 is 19.5 Å². The summed E-state index contributed by atoms with van der Waals surface area (Å²) in [5.74, 6) is -2.13. The Morgan fingerprint density at radius 1 is 1.38 bits per heavy atom. The highest BCUT2D eigenvalue weighted by Crippen LogP contribution is 2.24. The van der Waals surface area contributed by atoms with Crippen LogP contribution in [0.15, 0.2) is 18.2 Å². The third-order valence-electron chi connectivity index (χ3n) is 3.12. The lowest BCUT2D eigenvalue weighted by Gasteiger charge is -2.34. The summed E-state index contributed by atoms with van der Waals surface area (Å²) in [6.45, 7) is 0.493. The van der Waals surface area contributed by atoms with E-state index >= 15 is 0 Å². The van der Waals surface area contributed by atoms with Crippen LogP contribution in [0.25, 0.3) is 0 Å². The molecule has 1 heterocycles. The minimum absolute atomic E-state index is 0.160. The lowest BCUT2D eigenvalue weighted by Crippen LogP contribution is -2.57. The predicted molar refractivity (Wildman–Crippen MR) is 76.5 cm³/mol. The van der Waals surface area contributed by atoms with Crippen molar-refractivity contribution in [3.8, 4) is 0 Å². The summed E-state index contributed by atoms with van der Waals surface area (Å²) >= 11 is 11.8. The molecule has 1 aliphatic rings. The molecule has 1 unspecified atom stereocenters. The van der Waals surface area contributed by atoms with Gasteiger partial charge in [0.25, 0.3) is 5.91 Å². The number of rotatable bonds is 3. The number of nitrogens with one attached hydrogen (secondary N) is 1. The average molecular weight is 331 g/mol. The molecule has 2 amide bonds. The summed E-state index contributed by atoms with van der Waals surface area (Å²) in [6, 6.07) is 3.34. The number of carboxylic acid groups (broad SMARTS) is 1. The quantitative estimate of drug-likeness (QED) is 0.877. The maximum Gasteiger partial charge on any atom is 0.305 e. The first-order valence-electron chi connectivity index (χ1n) is 6.15. The minimum atomic E-state index is -1.16.